The number of halogens is 2. The number of thiazole rings is 1. The second-order valence-corrected chi connectivity index (χ2v) is 11.6. The first-order valence-electron chi connectivity index (χ1n) is 11.9. The largest absolute Gasteiger partial charge is 0.330 e. The molecule has 5 rings (SSSR count). The molecular formula is C25H22F2N6O5S2. The minimum atomic E-state index is -4.39. The van der Waals surface area contributed by atoms with E-state index in [1.165, 1.54) is 18.1 Å². The lowest BCUT2D eigenvalue weighted by Crippen LogP contribution is -2.54. The van der Waals surface area contributed by atoms with E-state index < -0.39 is 39.8 Å². The fourth-order valence-corrected chi connectivity index (χ4v) is 6.29. The Morgan fingerprint density at radius 3 is 2.67 bits per heavy atom. The van der Waals surface area contributed by atoms with Crippen LogP contribution in [0.15, 0.2) is 59.5 Å². The van der Waals surface area contributed by atoms with E-state index in [4.69, 9.17) is 0 Å². The van der Waals surface area contributed by atoms with E-state index in [1.807, 2.05) is 4.72 Å². The second-order valence-electron chi connectivity index (χ2n) is 9.02. The molecule has 11 nitrogen and oxygen atoms in total. The summed E-state index contributed by atoms with van der Waals surface area (Å²) < 4.78 is 57.2. The number of rotatable bonds is 7. The maximum atomic E-state index is 13.9. The number of amides is 3. The predicted octanol–water partition coefficient (Wildman–Crippen LogP) is 2.44. The van der Waals surface area contributed by atoms with Gasteiger partial charge in [-0.2, -0.15) is 8.42 Å². The Balaban J connectivity index is 1.39. The normalized spacial score (nSPS) is 13.6. The first-order chi connectivity index (χ1) is 19.0. The highest BCUT2D eigenvalue weighted by Crippen LogP contribution is 2.27. The molecule has 15 heteroatoms. The molecule has 0 saturated carbocycles. The average Bonchev–Trinajstić information content (AvgIpc) is 3.49. The monoisotopic (exact) mass is 588 g/mol. The van der Waals surface area contributed by atoms with Crippen molar-refractivity contribution >= 4 is 55.2 Å². The number of aromatic amines is 1. The SMILES string of the molecule is CN(C(=O)C(Cc1cc(F)cc(F)c1)NC(=O)NS(=O)(=O)N1CCc2cccnc21)c1ccc2sc(=O)[nH]c2c1. The Morgan fingerprint density at radius 2 is 1.93 bits per heavy atom. The Morgan fingerprint density at radius 1 is 1.18 bits per heavy atom. The fraction of sp³-hybridized carbons (Fsp3) is 0.200. The van der Waals surface area contributed by atoms with E-state index in [2.05, 4.69) is 15.3 Å². The summed E-state index contributed by atoms with van der Waals surface area (Å²) in [6.07, 6.45) is 1.48. The van der Waals surface area contributed by atoms with Crippen LogP contribution in [0.2, 0.25) is 0 Å². The van der Waals surface area contributed by atoms with Crippen LogP contribution in [-0.2, 0) is 27.8 Å². The third-order valence-corrected chi connectivity index (χ3v) is 8.53. The zero-order valence-corrected chi connectivity index (χ0v) is 22.5. The fourth-order valence-electron chi connectivity index (χ4n) is 4.45. The summed E-state index contributed by atoms with van der Waals surface area (Å²) in [7, 11) is -2.98. The smallest absolute Gasteiger partial charge is 0.325 e. The van der Waals surface area contributed by atoms with Crippen LogP contribution in [0.25, 0.3) is 10.2 Å². The van der Waals surface area contributed by atoms with E-state index in [0.717, 1.165) is 27.8 Å². The first kappa shape index (κ1) is 27.2. The molecule has 0 saturated heterocycles. The van der Waals surface area contributed by atoms with Gasteiger partial charge < -0.3 is 15.2 Å². The van der Waals surface area contributed by atoms with Gasteiger partial charge in [0.05, 0.1) is 10.2 Å². The maximum absolute atomic E-state index is 13.9. The minimum absolute atomic E-state index is 0.0581. The zero-order chi connectivity index (χ0) is 28.6. The van der Waals surface area contributed by atoms with Gasteiger partial charge in [0, 0.05) is 38.0 Å². The summed E-state index contributed by atoms with van der Waals surface area (Å²) in [5.74, 6) is -2.28. The molecule has 0 spiro atoms. The van der Waals surface area contributed by atoms with Gasteiger partial charge in [-0.25, -0.2) is 27.6 Å². The van der Waals surface area contributed by atoms with E-state index in [1.54, 1.807) is 30.3 Å². The maximum Gasteiger partial charge on any atom is 0.330 e. The molecule has 3 amide bonds. The summed E-state index contributed by atoms with van der Waals surface area (Å²) >= 11 is 0.995. The lowest BCUT2D eigenvalue weighted by molar-refractivity contribution is -0.120. The molecule has 0 fully saturated rings. The molecule has 1 unspecified atom stereocenters. The Labute approximate surface area is 230 Å². The van der Waals surface area contributed by atoms with Gasteiger partial charge in [0.1, 0.15) is 23.5 Å². The number of anilines is 2. The number of aromatic nitrogens is 2. The van der Waals surface area contributed by atoms with Crippen LogP contribution in [-0.4, -0.2) is 50.0 Å². The van der Waals surface area contributed by atoms with Gasteiger partial charge in [0.25, 0.3) is 0 Å². The molecule has 2 aromatic carbocycles. The number of urea groups is 1. The van der Waals surface area contributed by atoms with Crippen LogP contribution in [0.4, 0.5) is 25.1 Å². The molecule has 3 N–H and O–H groups in total. The Hall–Kier alpha value is -4.37. The van der Waals surface area contributed by atoms with Crippen molar-refractivity contribution in [2.45, 2.75) is 18.9 Å². The molecule has 1 aliphatic heterocycles. The summed E-state index contributed by atoms with van der Waals surface area (Å²) in [5.41, 5.74) is 1.60. The molecule has 40 heavy (non-hydrogen) atoms. The number of H-pyrrole nitrogens is 1. The van der Waals surface area contributed by atoms with Gasteiger partial charge in [0.2, 0.25) is 5.91 Å². The van der Waals surface area contributed by atoms with Crippen molar-refractivity contribution in [1.29, 1.82) is 0 Å². The number of likely N-dealkylation sites (N-methyl/N-ethyl adjacent to an activating group) is 1. The third kappa shape index (κ3) is 5.65. The highest BCUT2D eigenvalue weighted by Gasteiger charge is 2.33. The van der Waals surface area contributed by atoms with Crippen LogP contribution in [0.1, 0.15) is 11.1 Å². The average molecular weight is 589 g/mol. The highest BCUT2D eigenvalue weighted by molar-refractivity contribution is 7.91. The third-order valence-electron chi connectivity index (χ3n) is 6.29. The zero-order valence-electron chi connectivity index (χ0n) is 20.9. The van der Waals surface area contributed by atoms with Gasteiger partial charge in [0.15, 0.2) is 0 Å². The number of fused-ring (bicyclic) bond motifs is 2. The molecule has 0 bridgehead atoms. The van der Waals surface area contributed by atoms with Crippen molar-refractivity contribution in [3.05, 3.63) is 87.2 Å². The molecule has 208 valence electrons. The number of hydrogen-bond donors (Lipinski definition) is 3. The van der Waals surface area contributed by atoms with E-state index in [0.29, 0.717) is 34.0 Å². The predicted molar refractivity (Wildman–Crippen MR) is 146 cm³/mol. The van der Waals surface area contributed by atoms with Gasteiger partial charge in [-0.3, -0.25) is 9.59 Å². The lowest BCUT2D eigenvalue weighted by atomic mass is 10.0. The Bertz CT molecular complexity index is 1770. The minimum Gasteiger partial charge on any atom is -0.325 e. The topological polar surface area (TPSA) is 145 Å². The van der Waals surface area contributed by atoms with E-state index in [-0.39, 0.29) is 29.2 Å². The van der Waals surface area contributed by atoms with Crippen molar-refractivity contribution < 1.29 is 26.8 Å². The van der Waals surface area contributed by atoms with Crippen molar-refractivity contribution in [2.75, 3.05) is 22.8 Å². The number of pyridine rings is 1. The summed E-state index contributed by atoms with van der Waals surface area (Å²) in [5, 5.41) is 2.33. The van der Waals surface area contributed by atoms with Crippen molar-refractivity contribution in [3.63, 3.8) is 0 Å². The van der Waals surface area contributed by atoms with Gasteiger partial charge >= 0.3 is 21.1 Å². The van der Waals surface area contributed by atoms with Crippen LogP contribution in [0.3, 0.4) is 0 Å². The van der Waals surface area contributed by atoms with Crippen LogP contribution >= 0.6 is 11.3 Å². The Kier molecular flexibility index (Phi) is 7.25. The van der Waals surface area contributed by atoms with Gasteiger partial charge in [-0.1, -0.05) is 17.4 Å². The standard InChI is InChI=1S/C25H22F2N6O5S2/c1-32(18-4-5-21-19(13-18)30-25(36)39-21)23(34)20(11-14-9-16(26)12-17(27)10-14)29-24(35)31-40(37,38)33-8-6-15-3-2-7-28-22(15)33/h2-5,7,9-10,12-13,20H,6,8,11H2,1H3,(H,30,36)(H2,29,31,35). The lowest BCUT2D eigenvalue weighted by Gasteiger charge is -2.26. The molecular weight excluding hydrogens is 566 g/mol. The van der Waals surface area contributed by atoms with Crippen LogP contribution in [0, 0.1) is 11.6 Å². The van der Waals surface area contributed by atoms with Crippen LogP contribution < -0.4 is 24.1 Å². The van der Waals surface area contributed by atoms with E-state index in [9.17, 15) is 31.6 Å². The number of benzene rings is 2. The quantitative estimate of drug-likeness (QED) is 0.303. The van der Waals surface area contributed by atoms with Crippen molar-refractivity contribution in [1.82, 2.24) is 20.0 Å². The van der Waals surface area contributed by atoms with Crippen LogP contribution in [0.5, 0.6) is 0 Å². The second kappa shape index (κ2) is 10.7. The molecule has 1 atom stereocenters. The number of carbonyl (C=O) groups excluding carboxylic acids is 2. The van der Waals surface area contributed by atoms with Crippen molar-refractivity contribution in [3.8, 4) is 0 Å². The molecule has 4 aromatic rings. The molecule has 3 heterocycles. The summed E-state index contributed by atoms with van der Waals surface area (Å²) in [4.78, 5) is 45.8. The van der Waals surface area contributed by atoms with Gasteiger partial charge in [-0.15, -0.1) is 0 Å². The number of nitrogens with one attached hydrogen (secondary N) is 3. The molecule has 0 aliphatic carbocycles. The number of carbonyl (C=O) groups is 2. The number of hydrogen-bond acceptors (Lipinski definition) is 7. The van der Waals surface area contributed by atoms with Crippen molar-refractivity contribution in [2.24, 2.45) is 0 Å². The number of nitrogens with zero attached hydrogens (tertiary/aromatic N) is 3. The molecule has 2 aromatic heterocycles. The molecule has 0 radical (unpaired) electrons. The van der Waals surface area contributed by atoms with E-state index >= 15 is 0 Å². The molecule has 1 aliphatic rings. The van der Waals surface area contributed by atoms with Gasteiger partial charge in [-0.05, 0) is 53.9 Å². The summed E-state index contributed by atoms with van der Waals surface area (Å²) in [6.45, 7) is 0.0653. The summed E-state index contributed by atoms with van der Waals surface area (Å²) in [6, 6.07) is 8.23. The highest BCUT2D eigenvalue weighted by atomic mass is 32.2. The first-order valence-corrected chi connectivity index (χ1v) is 14.2.